The van der Waals surface area contributed by atoms with Crippen LogP contribution < -0.4 is 5.73 Å². The van der Waals surface area contributed by atoms with Gasteiger partial charge in [0.25, 0.3) is 0 Å². The van der Waals surface area contributed by atoms with Crippen LogP contribution in [-0.4, -0.2) is 35.7 Å². The van der Waals surface area contributed by atoms with E-state index in [1.165, 1.54) is 0 Å². The zero-order valence-electron chi connectivity index (χ0n) is 12.9. The Bertz CT molecular complexity index is 273. The summed E-state index contributed by atoms with van der Waals surface area (Å²) in [6.07, 6.45) is 0.732. The van der Waals surface area contributed by atoms with E-state index in [-0.39, 0.29) is 6.04 Å². The van der Waals surface area contributed by atoms with Crippen LogP contribution in [-0.2, 0) is 0 Å². The standard InChI is InChI=1S/C15H29F3N2/c1-4-13(19)14(15(16,17)18)20(10-9-11(2)3)12-7-5-6-8-12/h11-14H,4-10,19H2,1-3H3. The lowest BCUT2D eigenvalue weighted by atomic mass is 9.99. The predicted molar refractivity (Wildman–Crippen MR) is 76.5 cm³/mol. The molecule has 0 aromatic carbocycles. The van der Waals surface area contributed by atoms with E-state index >= 15 is 0 Å². The Balaban J connectivity index is 2.90. The number of rotatable bonds is 7. The Labute approximate surface area is 120 Å². The van der Waals surface area contributed by atoms with Gasteiger partial charge in [0.15, 0.2) is 0 Å². The van der Waals surface area contributed by atoms with Crippen LogP contribution in [0.4, 0.5) is 13.2 Å². The first-order valence-electron chi connectivity index (χ1n) is 7.85. The molecule has 0 radical (unpaired) electrons. The van der Waals surface area contributed by atoms with E-state index in [9.17, 15) is 13.2 Å². The van der Waals surface area contributed by atoms with Crippen LogP contribution in [0.3, 0.4) is 0 Å². The monoisotopic (exact) mass is 294 g/mol. The Morgan fingerprint density at radius 3 is 2.15 bits per heavy atom. The molecule has 1 aliphatic carbocycles. The molecule has 0 spiro atoms. The summed E-state index contributed by atoms with van der Waals surface area (Å²) in [5, 5.41) is 0. The SMILES string of the molecule is CCC(N)C(N(CCC(C)C)C1CCCC1)C(F)(F)F. The highest BCUT2D eigenvalue weighted by atomic mass is 19.4. The summed E-state index contributed by atoms with van der Waals surface area (Å²) >= 11 is 0. The van der Waals surface area contributed by atoms with Crippen molar-refractivity contribution in [1.82, 2.24) is 4.90 Å². The molecule has 1 aliphatic rings. The highest BCUT2D eigenvalue weighted by molar-refractivity contribution is 4.92. The molecule has 0 amide bonds. The zero-order chi connectivity index (χ0) is 15.3. The van der Waals surface area contributed by atoms with Crippen molar-refractivity contribution >= 4 is 0 Å². The summed E-state index contributed by atoms with van der Waals surface area (Å²) in [5.41, 5.74) is 5.82. The molecule has 0 aromatic rings. The van der Waals surface area contributed by atoms with Crippen LogP contribution >= 0.6 is 0 Å². The van der Waals surface area contributed by atoms with Gasteiger partial charge in [-0.05, 0) is 38.1 Å². The molecule has 2 N–H and O–H groups in total. The summed E-state index contributed by atoms with van der Waals surface area (Å²) in [6.45, 7) is 6.34. The van der Waals surface area contributed by atoms with Crippen LogP contribution in [0.2, 0.25) is 0 Å². The molecule has 2 nitrogen and oxygen atoms in total. The summed E-state index contributed by atoms with van der Waals surface area (Å²) in [7, 11) is 0. The van der Waals surface area contributed by atoms with Crippen molar-refractivity contribution in [2.45, 2.75) is 83.6 Å². The molecule has 0 bridgehead atoms. The summed E-state index contributed by atoms with van der Waals surface area (Å²) < 4.78 is 40.4. The molecule has 0 heterocycles. The van der Waals surface area contributed by atoms with Crippen molar-refractivity contribution in [2.24, 2.45) is 11.7 Å². The molecule has 0 saturated heterocycles. The lowest BCUT2D eigenvalue weighted by Gasteiger charge is -2.40. The maximum absolute atomic E-state index is 13.5. The van der Waals surface area contributed by atoms with Crippen molar-refractivity contribution < 1.29 is 13.2 Å². The lowest BCUT2D eigenvalue weighted by molar-refractivity contribution is -0.196. The Kier molecular flexibility index (Phi) is 6.79. The molecule has 0 aromatic heterocycles. The highest BCUT2D eigenvalue weighted by Crippen LogP contribution is 2.34. The van der Waals surface area contributed by atoms with E-state index in [4.69, 9.17) is 5.73 Å². The maximum atomic E-state index is 13.5. The summed E-state index contributed by atoms with van der Waals surface area (Å²) in [4.78, 5) is 1.67. The van der Waals surface area contributed by atoms with E-state index in [0.29, 0.717) is 18.9 Å². The quantitative estimate of drug-likeness (QED) is 0.770. The van der Waals surface area contributed by atoms with E-state index in [1.807, 2.05) is 0 Å². The van der Waals surface area contributed by atoms with Crippen LogP contribution in [0.15, 0.2) is 0 Å². The molecule has 1 rings (SSSR count). The Hall–Kier alpha value is -0.290. The molecule has 5 heteroatoms. The molecular weight excluding hydrogens is 265 g/mol. The van der Waals surface area contributed by atoms with E-state index in [1.54, 1.807) is 11.8 Å². The van der Waals surface area contributed by atoms with Crippen LogP contribution in [0.25, 0.3) is 0 Å². The van der Waals surface area contributed by atoms with Crippen molar-refractivity contribution in [3.63, 3.8) is 0 Å². The second-order valence-corrected chi connectivity index (χ2v) is 6.42. The normalized spacial score (nSPS) is 20.9. The van der Waals surface area contributed by atoms with Crippen LogP contribution in [0.5, 0.6) is 0 Å². The third kappa shape index (κ3) is 4.92. The molecule has 1 fully saturated rings. The first kappa shape index (κ1) is 17.8. The molecule has 20 heavy (non-hydrogen) atoms. The van der Waals surface area contributed by atoms with Gasteiger partial charge in [0.2, 0.25) is 0 Å². The van der Waals surface area contributed by atoms with Gasteiger partial charge in [-0.25, -0.2) is 0 Å². The van der Waals surface area contributed by atoms with Gasteiger partial charge in [0.05, 0.1) is 0 Å². The van der Waals surface area contributed by atoms with Gasteiger partial charge in [-0.2, -0.15) is 13.2 Å². The lowest BCUT2D eigenvalue weighted by Crippen LogP contribution is -2.58. The zero-order valence-corrected chi connectivity index (χ0v) is 12.9. The van der Waals surface area contributed by atoms with E-state index < -0.39 is 18.3 Å². The van der Waals surface area contributed by atoms with E-state index in [0.717, 1.165) is 32.1 Å². The minimum Gasteiger partial charge on any atom is -0.326 e. The fraction of sp³-hybridized carbons (Fsp3) is 1.00. The van der Waals surface area contributed by atoms with Gasteiger partial charge in [-0.1, -0.05) is 33.6 Å². The average molecular weight is 294 g/mol. The number of hydrogen-bond donors (Lipinski definition) is 1. The second-order valence-electron chi connectivity index (χ2n) is 6.42. The third-order valence-electron chi connectivity index (χ3n) is 4.33. The topological polar surface area (TPSA) is 29.3 Å². The van der Waals surface area contributed by atoms with Crippen LogP contribution in [0, 0.1) is 5.92 Å². The summed E-state index contributed by atoms with van der Waals surface area (Å²) in [5.74, 6) is 0.408. The Morgan fingerprint density at radius 1 is 1.20 bits per heavy atom. The van der Waals surface area contributed by atoms with Gasteiger partial charge in [-0.3, -0.25) is 4.90 Å². The first-order chi connectivity index (χ1) is 9.27. The molecule has 1 saturated carbocycles. The highest BCUT2D eigenvalue weighted by Gasteiger charge is 2.48. The largest absolute Gasteiger partial charge is 0.405 e. The second kappa shape index (κ2) is 7.64. The van der Waals surface area contributed by atoms with Crippen molar-refractivity contribution in [2.75, 3.05) is 6.54 Å². The van der Waals surface area contributed by atoms with Gasteiger partial charge in [-0.15, -0.1) is 0 Å². The third-order valence-corrected chi connectivity index (χ3v) is 4.33. The average Bonchev–Trinajstić information content (AvgIpc) is 2.85. The minimum absolute atomic E-state index is 0.0537. The van der Waals surface area contributed by atoms with Crippen LogP contribution in [0.1, 0.15) is 59.3 Å². The first-order valence-corrected chi connectivity index (χ1v) is 7.85. The van der Waals surface area contributed by atoms with Crippen molar-refractivity contribution in [3.8, 4) is 0 Å². The molecule has 120 valence electrons. The fourth-order valence-corrected chi connectivity index (χ4v) is 3.09. The number of nitrogens with zero attached hydrogens (tertiary/aromatic N) is 1. The predicted octanol–water partition coefficient (Wildman–Crippen LogP) is 3.95. The van der Waals surface area contributed by atoms with E-state index in [2.05, 4.69) is 13.8 Å². The molecule has 2 atom stereocenters. The number of hydrogen-bond acceptors (Lipinski definition) is 2. The summed E-state index contributed by atoms with van der Waals surface area (Å²) in [6, 6.07) is -2.27. The van der Waals surface area contributed by atoms with Crippen molar-refractivity contribution in [1.29, 1.82) is 0 Å². The number of nitrogens with two attached hydrogens (primary N) is 1. The fourth-order valence-electron chi connectivity index (χ4n) is 3.09. The minimum atomic E-state index is -4.24. The maximum Gasteiger partial charge on any atom is 0.405 e. The molecule has 2 unspecified atom stereocenters. The Morgan fingerprint density at radius 2 is 1.75 bits per heavy atom. The molecule has 0 aliphatic heterocycles. The number of alkyl halides is 3. The molecular formula is C15H29F3N2. The van der Waals surface area contributed by atoms with Gasteiger partial charge in [0.1, 0.15) is 6.04 Å². The van der Waals surface area contributed by atoms with Gasteiger partial charge < -0.3 is 5.73 Å². The number of halogens is 3. The van der Waals surface area contributed by atoms with Gasteiger partial charge in [0, 0.05) is 12.1 Å². The van der Waals surface area contributed by atoms with Gasteiger partial charge >= 0.3 is 6.18 Å². The van der Waals surface area contributed by atoms with Crippen molar-refractivity contribution in [3.05, 3.63) is 0 Å². The smallest absolute Gasteiger partial charge is 0.326 e.